The third-order valence-corrected chi connectivity index (χ3v) is 4.10. The minimum atomic E-state index is -0.654. The van der Waals surface area contributed by atoms with Crippen molar-refractivity contribution in [3.63, 3.8) is 0 Å². The minimum Gasteiger partial charge on any atom is -0.348 e. The third-order valence-electron chi connectivity index (χ3n) is 2.62. The molecule has 0 saturated heterocycles. The summed E-state index contributed by atoms with van der Waals surface area (Å²) in [5.41, 5.74) is 0.271. The molecule has 0 bridgehead atoms. The summed E-state index contributed by atoms with van der Waals surface area (Å²) >= 11 is 3.27. The van der Waals surface area contributed by atoms with Crippen molar-refractivity contribution in [1.29, 1.82) is 0 Å². The fraction of sp³-hybridized carbons (Fsp3) is 0.462. The molecule has 2 nitrogen and oxygen atoms in total. The number of hydrogen-bond donors (Lipinski definition) is 1. The Labute approximate surface area is 114 Å². The Balaban J connectivity index is 2.76. The van der Waals surface area contributed by atoms with Gasteiger partial charge in [-0.2, -0.15) is 0 Å². The van der Waals surface area contributed by atoms with E-state index in [9.17, 15) is 13.6 Å². The quantitative estimate of drug-likeness (QED) is 0.845. The van der Waals surface area contributed by atoms with Gasteiger partial charge >= 0.3 is 0 Å². The van der Waals surface area contributed by atoms with E-state index in [4.69, 9.17) is 0 Å². The summed E-state index contributed by atoms with van der Waals surface area (Å²) in [5.74, 6) is -1.36. The molecule has 1 aromatic rings. The largest absolute Gasteiger partial charge is 0.348 e. The molecule has 0 heterocycles. The van der Waals surface area contributed by atoms with Crippen LogP contribution >= 0.6 is 15.9 Å². The molecule has 0 saturated carbocycles. The number of halogens is 3. The van der Waals surface area contributed by atoms with Crippen LogP contribution < -0.4 is 5.32 Å². The van der Waals surface area contributed by atoms with Gasteiger partial charge in [-0.3, -0.25) is 4.79 Å². The van der Waals surface area contributed by atoms with E-state index in [-0.39, 0.29) is 22.2 Å². The summed E-state index contributed by atoms with van der Waals surface area (Å²) in [6.07, 6.45) is 0. The molecule has 1 rings (SSSR count). The first kappa shape index (κ1) is 15.1. The molecule has 0 aromatic heterocycles. The number of nitrogens with one attached hydrogen (secondary N) is 1. The second-order valence-electron chi connectivity index (χ2n) is 4.54. The van der Waals surface area contributed by atoms with E-state index in [1.54, 1.807) is 6.92 Å². The lowest BCUT2D eigenvalue weighted by atomic mass is 10.1. The van der Waals surface area contributed by atoms with Gasteiger partial charge in [-0.1, -0.05) is 35.8 Å². The maximum absolute atomic E-state index is 13.5. The molecular formula is C13H16BrF2NO. The zero-order valence-corrected chi connectivity index (χ0v) is 12.1. The monoisotopic (exact) mass is 319 g/mol. The van der Waals surface area contributed by atoms with Crippen molar-refractivity contribution >= 4 is 21.8 Å². The molecule has 0 fully saturated rings. The standard InChI is InChI=1S/C13H16BrF2NO/c1-7(2)12(14)13(18)17-8(3)10-5-4-9(15)6-11(10)16/h4-8,12H,1-3H3,(H,17,18)/t8-,12+/m1/s1. The first-order valence-electron chi connectivity index (χ1n) is 5.72. The molecule has 100 valence electrons. The summed E-state index contributed by atoms with van der Waals surface area (Å²) < 4.78 is 26.3. The number of amides is 1. The average Bonchev–Trinajstić information content (AvgIpc) is 2.27. The van der Waals surface area contributed by atoms with Crippen LogP contribution in [-0.2, 0) is 4.79 Å². The Morgan fingerprint density at radius 2 is 1.89 bits per heavy atom. The summed E-state index contributed by atoms with van der Waals surface area (Å²) in [6, 6.07) is 2.83. The van der Waals surface area contributed by atoms with Crippen LogP contribution in [0.3, 0.4) is 0 Å². The SMILES string of the molecule is CC(C)[C@H](Br)C(=O)N[C@H](C)c1ccc(F)cc1F. The molecule has 0 aliphatic heterocycles. The smallest absolute Gasteiger partial charge is 0.234 e. The first-order valence-corrected chi connectivity index (χ1v) is 6.64. The molecule has 5 heteroatoms. The molecule has 0 aliphatic carbocycles. The zero-order chi connectivity index (χ0) is 13.9. The fourth-order valence-electron chi connectivity index (χ4n) is 1.53. The van der Waals surface area contributed by atoms with Gasteiger partial charge < -0.3 is 5.32 Å². The number of alkyl halides is 1. The van der Waals surface area contributed by atoms with Crippen LogP contribution in [0.1, 0.15) is 32.4 Å². The molecule has 1 amide bonds. The Kier molecular flexibility index (Phi) is 5.26. The van der Waals surface area contributed by atoms with Crippen molar-refractivity contribution in [2.75, 3.05) is 0 Å². The number of carbonyl (C=O) groups is 1. The fourth-order valence-corrected chi connectivity index (χ4v) is 1.66. The van der Waals surface area contributed by atoms with Crippen LogP contribution in [0.2, 0.25) is 0 Å². The highest BCUT2D eigenvalue weighted by atomic mass is 79.9. The maximum Gasteiger partial charge on any atom is 0.234 e. The van der Waals surface area contributed by atoms with Crippen molar-refractivity contribution in [2.24, 2.45) is 5.92 Å². The van der Waals surface area contributed by atoms with E-state index >= 15 is 0 Å². The summed E-state index contributed by atoms with van der Waals surface area (Å²) in [5, 5.41) is 2.69. The van der Waals surface area contributed by atoms with E-state index in [1.807, 2.05) is 13.8 Å². The number of benzene rings is 1. The number of hydrogen-bond acceptors (Lipinski definition) is 1. The molecule has 0 spiro atoms. The lowest BCUT2D eigenvalue weighted by molar-refractivity contribution is -0.121. The van der Waals surface area contributed by atoms with Gasteiger partial charge in [0, 0.05) is 11.6 Å². The van der Waals surface area contributed by atoms with Crippen molar-refractivity contribution in [3.05, 3.63) is 35.4 Å². The van der Waals surface area contributed by atoms with Crippen molar-refractivity contribution in [1.82, 2.24) is 5.32 Å². The van der Waals surface area contributed by atoms with Crippen molar-refractivity contribution in [3.8, 4) is 0 Å². The molecule has 18 heavy (non-hydrogen) atoms. The van der Waals surface area contributed by atoms with Crippen LogP contribution in [0.5, 0.6) is 0 Å². The van der Waals surface area contributed by atoms with E-state index in [2.05, 4.69) is 21.2 Å². The predicted octanol–water partition coefficient (Wildman–Crippen LogP) is 3.56. The topological polar surface area (TPSA) is 29.1 Å². The van der Waals surface area contributed by atoms with Gasteiger partial charge in [-0.15, -0.1) is 0 Å². The van der Waals surface area contributed by atoms with Crippen molar-refractivity contribution in [2.45, 2.75) is 31.6 Å². The van der Waals surface area contributed by atoms with Gasteiger partial charge in [0.15, 0.2) is 0 Å². The van der Waals surface area contributed by atoms with Gasteiger partial charge in [0.2, 0.25) is 5.91 Å². The highest BCUT2D eigenvalue weighted by Gasteiger charge is 2.21. The second kappa shape index (κ2) is 6.27. The van der Waals surface area contributed by atoms with E-state index in [1.165, 1.54) is 12.1 Å². The van der Waals surface area contributed by atoms with Gasteiger partial charge in [-0.05, 0) is 18.9 Å². The Hall–Kier alpha value is -0.970. The average molecular weight is 320 g/mol. The molecule has 0 radical (unpaired) electrons. The molecular weight excluding hydrogens is 304 g/mol. The van der Waals surface area contributed by atoms with Crippen LogP contribution in [0.4, 0.5) is 8.78 Å². The van der Waals surface area contributed by atoms with Gasteiger partial charge in [0.25, 0.3) is 0 Å². The molecule has 0 aliphatic rings. The zero-order valence-electron chi connectivity index (χ0n) is 10.5. The van der Waals surface area contributed by atoms with Gasteiger partial charge in [0.05, 0.1) is 10.9 Å². The third kappa shape index (κ3) is 3.77. The molecule has 1 N–H and O–H groups in total. The van der Waals surface area contributed by atoms with Gasteiger partial charge in [0.1, 0.15) is 11.6 Å². The highest BCUT2D eigenvalue weighted by Crippen LogP contribution is 2.19. The minimum absolute atomic E-state index is 0.135. The predicted molar refractivity (Wildman–Crippen MR) is 70.5 cm³/mol. The number of rotatable bonds is 4. The van der Waals surface area contributed by atoms with Crippen molar-refractivity contribution < 1.29 is 13.6 Å². The maximum atomic E-state index is 13.5. The highest BCUT2D eigenvalue weighted by molar-refractivity contribution is 9.10. The normalized spacial score (nSPS) is 14.4. The van der Waals surface area contributed by atoms with E-state index in [0.29, 0.717) is 0 Å². The van der Waals surface area contributed by atoms with Crippen LogP contribution in [0.15, 0.2) is 18.2 Å². The van der Waals surface area contributed by atoms with E-state index in [0.717, 1.165) is 6.07 Å². The Morgan fingerprint density at radius 1 is 1.28 bits per heavy atom. The summed E-state index contributed by atoms with van der Waals surface area (Å²) in [4.78, 5) is 11.5. The summed E-state index contributed by atoms with van der Waals surface area (Å²) in [6.45, 7) is 5.47. The molecule has 2 atom stereocenters. The lowest BCUT2D eigenvalue weighted by Crippen LogP contribution is -2.35. The second-order valence-corrected chi connectivity index (χ2v) is 5.53. The van der Waals surface area contributed by atoms with Crippen LogP contribution in [0.25, 0.3) is 0 Å². The summed E-state index contributed by atoms with van der Waals surface area (Å²) in [7, 11) is 0. The van der Waals surface area contributed by atoms with E-state index < -0.39 is 17.7 Å². The van der Waals surface area contributed by atoms with Crippen LogP contribution in [-0.4, -0.2) is 10.7 Å². The Bertz CT molecular complexity index is 437. The van der Waals surface area contributed by atoms with Crippen LogP contribution in [0, 0.1) is 17.6 Å². The number of carbonyl (C=O) groups excluding carboxylic acids is 1. The molecule has 1 aromatic carbocycles. The Morgan fingerprint density at radius 3 is 2.39 bits per heavy atom. The lowest BCUT2D eigenvalue weighted by Gasteiger charge is -2.19. The molecule has 0 unspecified atom stereocenters. The first-order chi connectivity index (χ1) is 8.32. The van der Waals surface area contributed by atoms with Gasteiger partial charge in [-0.25, -0.2) is 8.78 Å².